The van der Waals surface area contributed by atoms with Gasteiger partial charge in [0, 0.05) is 115 Å². The van der Waals surface area contributed by atoms with Crippen LogP contribution in [0.5, 0.6) is 0 Å². The lowest BCUT2D eigenvalue weighted by Crippen LogP contribution is -2.38. The van der Waals surface area contributed by atoms with Crippen molar-refractivity contribution in [1.82, 2.24) is 73.3 Å². The Labute approximate surface area is 775 Å². The van der Waals surface area contributed by atoms with Gasteiger partial charge in [0.2, 0.25) is 0 Å². The van der Waals surface area contributed by atoms with Crippen LogP contribution in [0.1, 0.15) is 201 Å². The monoisotopic (exact) mass is 2010 g/mol. The van der Waals surface area contributed by atoms with Crippen LogP contribution in [0.4, 0.5) is 39.5 Å². The van der Waals surface area contributed by atoms with E-state index in [0.717, 1.165) is 64.2 Å². The third-order valence-electron chi connectivity index (χ3n) is 21.3. The average Bonchev–Trinajstić information content (AvgIpc) is 0.929. The highest BCUT2D eigenvalue weighted by atomic mass is 79.9. The van der Waals surface area contributed by atoms with Crippen LogP contribution in [0.2, 0.25) is 0 Å². The van der Waals surface area contributed by atoms with Gasteiger partial charge in [0.15, 0.2) is 0 Å². The Morgan fingerprint density at radius 2 is 0.566 bits per heavy atom. The molecule has 750 valence electrons. The molecule has 12 heterocycles. The second-order valence-corrected chi connectivity index (χ2v) is 31.7. The maximum Gasteiger partial charge on any atom is 0.471 e. The second kappa shape index (κ2) is 54.5. The van der Waals surface area contributed by atoms with Crippen LogP contribution < -0.4 is 83.4 Å². The van der Waals surface area contributed by atoms with E-state index < -0.39 is 106 Å². The summed E-state index contributed by atoms with van der Waals surface area (Å²) in [7, 11) is 0. The van der Waals surface area contributed by atoms with Gasteiger partial charge in [0.05, 0.1) is 69.7 Å². The van der Waals surface area contributed by atoms with Crippen molar-refractivity contribution in [3.05, 3.63) is 196 Å². The average molecular weight is 2010 g/mol. The Balaban J connectivity index is 0.000000226. The standard InChI is InChI=1S/2C18H22F3N3O5.C17H20F3N3O6.C11H15BrN2O3.C11H16N2O3.C10H14N2O4/c2*1-2-13-6-7-14(29-13)24-11-12(15(25)23-17(24)27)5-3-4-9-28-10-8-22-16(26)18(19,20)21;18-17(19,20)15(26)21-6-8-28-7-2-1-3-11-9-23(16(27)22-14(11)25)13-5-4-12(10-24)29-13;1-2-8-3-4-9(17-8)14-6-7(5-12)10(15)13-11(14)16;1-3-8-4-5-9(16-8)13-6-7(2)10(14)12-11(13)15;1-6-4-12(10(15)11-9(6)14)8-3-2-7(5-13)16-8/h2*11,13-14H,2,5-10H2,1H3,(H,22,26)(H,23,25,27);9,12-13,24H,3-8,10H2,(H,21,26)(H,22,25,27);6,8-9H,2-5H2,1H3,(H,13,15,16);6,8-9H,3-5H2,1-2H3,(H,12,14,15);4,7-8,13H,2-3,5H2,1H3,(H,11,14,15)/t2*13-,14-;12-,13+;2*8-,9-;7-,8+/m110110/s1. The van der Waals surface area contributed by atoms with Crippen molar-refractivity contribution in [2.45, 2.75) is 261 Å². The minimum absolute atomic E-state index is 0.0138. The smallest absolute Gasteiger partial charge is 0.394 e. The highest BCUT2D eigenvalue weighted by Gasteiger charge is 2.41. The van der Waals surface area contributed by atoms with Gasteiger partial charge in [-0.25, -0.2) is 28.8 Å². The molecule has 0 radical (unpaired) electrons. The van der Waals surface area contributed by atoms with Crippen molar-refractivity contribution in [2.75, 3.05) is 72.5 Å². The van der Waals surface area contributed by atoms with E-state index in [4.69, 9.17) is 52.8 Å². The quantitative estimate of drug-likeness (QED) is 0.0145. The summed E-state index contributed by atoms with van der Waals surface area (Å²) in [6.07, 6.45) is 4.58. The Hall–Kier alpha value is -11.4. The van der Waals surface area contributed by atoms with Crippen molar-refractivity contribution in [3.8, 4) is 35.5 Å². The van der Waals surface area contributed by atoms with E-state index in [1.165, 1.54) is 52.2 Å². The zero-order valence-corrected chi connectivity index (χ0v) is 76.6. The van der Waals surface area contributed by atoms with E-state index in [-0.39, 0.29) is 180 Å². The number of aliphatic hydroxyl groups excluding tert-OH is 2. The molecule has 0 aromatic carbocycles. The molecule has 6 aliphatic rings. The molecule has 3 amide bonds. The first kappa shape index (κ1) is 112. The normalized spacial score (nSPS) is 21.0. The number of amides is 3. The zero-order chi connectivity index (χ0) is 100. The van der Waals surface area contributed by atoms with Gasteiger partial charge in [-0.05, 0) is 117 Å². The number of hydrogen-bond acceptors (Lipinski definition) is 26. The van der Waals surface area contributed by atoms with Gasteiger partial charge in [-0.1, -0.05) is 79.1 Å². The first-order valence-corrected chi connectivity index (χ1v) is 44.5. The molecule has 51 heteroatoms. The molecular formula is C85H109BrF9N15O26. The number of nitrogens with zero attached hydrogens (tertiary/aromatic N) is 6. The van der Waals surface area contributed by atoms with Crippen LogP contribution in [0, 0.1) is 49.4 Å². The topological polar surface area (TPSA) is 540 Å². The van der Waals surface area contributed by atoms with Crippen LogP contribution in [0.15, 0.2) is 94.7 Å². The highest BCUT2D eigenvalue weighted by molar-refractivity contribution is 9.08. The van der Waals surface area contributed by atoms with Gasteiger partial charge < -0.3 is 68.8 Å². The number of ether oxygens (including phenoxy) is 9. The predicted molar refractivity (Wildman–Crippen MR) is 468 cm³/mol. The third-order valence-corrected chi connectivity index (χ3v) is 21.9. The van der Waals surface area contributed by atoms with Crippen LogP contribution in [0.25, 0.3) is 0 Å². The number of hydrogen-bond donors (Lipinski definition) is 11. The summed E-state index contributed by atoms with van der Waals surface area (Å²) >= 11 is 3.22. The van der Waals surface area contributed by atoms with E-state index in [1.54, 1.807) is 42.2 Å². The molecule has 0 aliphatic carbocycles. The fourth-order valence-electron chi connectivity index (χ4n) is 13.9. The lowest BCUT2D eigenvalue weighted by molar-refractivity contribution is -0.173. The number of nitrogens with one attached hydrogen (secondary N) is 9. The van der Waals surface area contributed by atoms with E-state index in [9.17, 15) is 111 Å². The van der Waals surface area contributed by atoms with Gasteiger partial charge in [-0.2, -0.15) is 39.5 Å². The molecule has 12 rings (SSSR count). The summed E-state index contributed by atoms with van der Waals surface area (Å²) in [5.74, 6) is 9.80. The molecule has 41 nitrogen and oxygen atoms in total. The lowest BCUT2D eigenvalue weighted by Gasteiger charge is -2.15. The molecular weight excluding hydrogens is 1900 g/mol. The molecule has 6 aliphatic heterocycles. The Morgan fingerprint density at radius 1 is 0.353 bits per heavy atom. The van der Waals surface area contributed by atoms with E-state index in [0.29, 0.717) is 60.5 Å². The fraction of sp³-hybridized carbons (Fsp3) is 0.612. The number of carbonyl (C=O) groups excluding carboxylic acids is 3. The molecule has 6 saturated heterocycles. The maximum absolute atomic E-state index is 12.0. The fourth-order valence-corrected chi connectivity index (χ4v) is 14.3. The molecule has 136 heavy (non-hydrogen) atoms. The first-order chi connectivity index (χ1) is 64.5. The number of halogens is 10. The number of aromatic amines is 6. The number of aromatic nitrogens is 12. The molecule has 6 aromatic rings. The second-order valence-electron chi connectivity index (χ2n) is 31.1. The number of aryl methyl sites for hydroxylation is 2. The van der Waals surface area contributed by atoms with Crippen LogP contribution >= 0.6 is 15.9 Å². The van der Waals surface area contributed by atoms with Crippen molar-refractivity contribution in [3.63, 3.8) is 0 Å². The number of carbonyl (C=O) groups is 3. The third kappa shape index (κ3) is 35.0. The minimum atomic E-state index is -4.94. The highest BCUT2D eigenvalue weighted by Crippen LogP contribution is 2.33. The molecule has 0 spiro atoms. The summed E-state index contributed by atoms with van der Waals surface area (Å²) in [6.45, 7) is 9.60. The summed E-state index contributed by atoms with van der Waals surface area (Å²) in [4.78, 5) is 186. The zero-order valence-electron chi connectivity index (χ0n) is 75.0. The first-order valence-electron chi connectivity index (χ1n) is 43.4. The molecule has 6 aromatic heterocycles. The Kier molecular flexibility index (Phi) is 44.7. The molecule has 0 bridgehead atoms. The number of alkyl halides is 10. The van der Waals surface area contributed by atoms with Crippen LogP contribution in [-0.2, 0) is 81.6 Å². The van der Waals surface area contributed by atoms with Gasteiger partial charge in [0.1, 0.15) is 57.2 Å². The van der Waals surface area contributed by atoms with E-state index in [2.05, 4.69) is 95.2 Å². The van der Waals surface area contributed by atoms with Gasteiger partial charge >= 0.3 is 70.4 Å². The Bertz CT molecular complexity index is 5520. The van der Waals surface area contributed by atoms with Crippen molar-refractivity contribution in [1.29, 1.82) is 0 Å². The maximum atomic E-state index is 12.0. The summed E-state index contributed by atoms with van der Waals surface area (Å²) in [6, 6.07) is 0. The summed E-state index contributed by atoms with van der Waals surface area (Å²) < 4.78 is 165. The van der Waals surface area contributed by atoms with Crippen molar-refractivity contribution in [2.24, 2.45) is 0 Å². The SMILES string of the molecule is CC[C@@H]1CC[C@H](n2cc(C)c(=O)[nH]c2=O)O1.CC[C@@H]1CC[C@H](n2cc(CBr)c(=O)[nH]c2=O)O1.CC[C@@H]1CC[C@H](n2cc(CC#CCOCCNC(=O)C(F)(F)F)c(=O)[nH]c2=O)O1.CC[C@@H]1CC[C@H](n2cc(CC#CCOCCNC(=O)C(F)(F)F)c(=O)[nH]c2=O)O1.Cc1cn([C@H]2CC[C@@H](CO)O2)c(=O)[nH]c1=O.O=C(NCCOCC#CCc1cn([C@H]2CC[C@@H](CO)O2)c(=O)[nH]c1=O)C(F)(F)F. The van der Waals surface area contributed by atoms with Gasteiger partial charge in [-0.3, -0.25) is 100 Å². The molecule has 6 fully saturated rings. The minimum Gasteiger partial charge on any atom is -0.394 e. The predicted octanol–water partition coefficient (Wildman–Crippen LogP) is 3.14. The molecule has 0 unspecified atom stereocenters. The summed E-state index contributed by atoms with van der Waals surface area (Å²) in [5, 5.41) is 23.4. The van der Waals surface area contributed by atoms with Gasteiger partial charge in [0.25, 0.3) is 33.4 Å². The molecule has 11 N–H and O–H groups in total. The molecule has 12 atom stereocenters. The lowest BCUT2D eigenvalue weighted by atomic mass is 10.2. The van der Waals surface area contributed by atoms with Crippen LogP contribution in [0.3, 0.4) is 0 Å². The largest absolute Gasteiger partial charge is 0.471 e. The van der Waals surface area contributed by atoms with Crippen LogP contribution in [-0.4, -0.2) is 213 Å². The van der Waals surface area contributed by atoms with Gasteiger partial charge in [-0.15, -0.1) is 0 Å². The van der Waals surface area contributed by atoms with E-state index in [1.807, 2.05) is 13.8 Å². The summed E-state index contributed by atoms with van der Waals surface area (Å²) in [5.41, 5.74) is -3.35. The van der Waals surface area contributed by atoms with E-state index >= 15 is 0 Å². The number of H-pyrrole nitrogens is 6. The number of rotatable bonds is 28. The molecule has 0 saturated carbocycles. The Morgan fingerprint density at radius 3 is 0.779 bits per heavy atom. The number of aliphatic hydroxyl groups is 2. The van der Waals surface area contributed by atoms with Crippen molar-refractivity contribution < 1.29 is 107 Å². The van der Waals surface area contributed by atoms with Crippen molar-refractivity contribution >= 4 is 33.7 Å².